The maximum Gasteiger partial charge on any atom is 0.0317 e. The Bertz CT molecular complexity index is 203. The average molecular weight is 221 g/mol. The molecule has 92 valence electrons. The van der Waals surface area contributed by atoms with E-state index in [1.165, 1.54) is 5.70 Å². The van der Waals surface area contributed by atoms with E-state index in [0.717, 1.165) is 25.9 Å². The first-order valence-electron chi connectivity index (χ1n) is 6.07. The third kappa shape index (κ3) is 7.10. The minimum absolute atomic E-state index is 1.13. The van der Waals surface area contributed by atoms with Crippen molar-refractivity contribution < 1.29 is 0 Å². The molecule has 0 N–H and O–H groups in total. The summed E-state index contributed by atoms with van der Waals surface area (Å²) >= 11 is 0. The lowest BCUT2D eigenvalue weighted by atomic mass is 10.3. The van der Waals surface area contributed by atoms with Gasteiger partial charge in [-0.3, -0.25) is 0 Å². The van der Waals surface area contributed by atoms with Crippen molar-refractivity contribution in [3.63, 3.8) is 0 Å². The molecule has 0 bridgehead atoms. The molecule has 0 atom stereocenters. The second-order valence-corrected chi connectivity index (χ2v) is 2.95. The van der Waals surface area contributed by atoms with Crippen LogP contribution in [0.2, 0.25) is 0 Å². The van der Waals surface area contributed by atoms with E-state index in [1.54, 1.807) is 0 Å². The van der Waals surface area contributed by atoms with Gasteiger partial charge in [-0.05, 0) is 25.8 Å². The molecule has 1 heterocycles. The van der Waals surface area contributed by atoms with Gasteiger partial charge in [0.05, 0.1) is 0 Å². The molecule has 0 aromatic rings. The van der Waals surface area contributed by atoms with E-state index < -0.39 is 0 Å². The van der Waals surface area contributed by atoms with Gasteiger partial charge in [0.2, 0.25) is 0 Å². The predicted octanol–water partition coefficient (Wildman–Crippen LogP) is 4.56. The first kappa shape index (κ1) is 17.2. The Kier molecular flexibility index (Phi) is 14.8. The third-order valence-corrected chi connectivity index (χ3v) is 2.17. The molecule has 1 heteroatoms. The van der Waals surface area contributed by atoms with E-state index in [1.807, 2.05) is 19.9 Å². The maximum atomic E-state index is 3.81. The summed E-state index contributed by atoms with van der Waals surface area (Å²) in [6.07, 6.45) is 10.9. The second kappa shape index (κ2) is 13.8. The first-order chi connectivity index (χ1) is 7.88. The lowest BCUT2D eigenvalue weighted by molar-refractivity contribution is 0.374. The van der Waals surface area contributed by atoms with Gasteiger partial charge in [-0.25, -0.2) is 0 Å². The Hall–Kier alpha value is -1.24. The van der Waals surface area contributed by atoms with Gasteiger partial charge in [0, 0.05) is 18.8 Å². The summed E-state index contributed by atoms with van der Waals surface area (Å²) in [5, 5.41) is 0. The van der Waals surface area contributed by atoms with E-state index in [0.29, 0.717) is 0 Å². The lowest BCUT2D eigenvalue weighted by Crippen LogP contribution is -2.22. The van der Waals surface area contributed by atoms with Crippen molar-refractivity contribution in [3.05, 3.63) is 49.7 Å². The van der Waals surface area contributed by atoms with Crippen molar-refractivity contribution >= 4 is 0 Å². The van der Waals surface area contributed by atoms with E-state index in [4.69, 9.17) is 0 Å². The highest BCUT2D eigenvalue weighted by Gasteiger charge is 2.05. The summed E-state index contributed by atoms with van der Waals surface area (Å²) in [6.45, 7) is 18.1. The summed E-state index contributed by atoms with van der Waals surface area (Å²) in [6, 6.07) is 0. The van der Waals surface area contributed by atoms with Crippen molar-refractivity contribution in [2.24, 2.45) is 0 Å². The number of rotatable bonds is 2. The molecule has 1 nitrogen and oxygen atoms in total. The van der Waals surface area contributed by atoms with Gasteiger partial charge in [0.15, 0.2) is 0 Å². The zero-order valence-electron chi connectivity index (χ0n) is 11.2. The summed E-state index contributed by atoms with van der Waals surface area (Å²) in [4.78, 5) is 2.38. The van der Waals surface area contributed by atoms with Crippen LogP contribution in [0.5, 0.6) is 0 Å². The smallest absolute Gasteiger partial charge is 0.0317 e. The molecule has 0 saturated carbocycles. The van der Waals surface area contributed by atoms with Crippen LogP contribution in [-0.4, -0.2) is 18.0 Å². The van der Waals surface area contributed by atoms with Crippen LogP contribution in [0.4, 0.5) is 0 Å². The Balaban J connectivity index is 0. The van der Waals surface area contributed by atoms with Crippen LogP contribution < -0.4 is 0 Å². The predicted molar refractivity (Wildman–Crippen MR) is 76.5 cm³/mol. The van der Waals surface area contributed by atoms with Gasteiger partial charge in [-0.15, -0.1) is 13.2 Å². The van der Waals surface area contributed by atoms with Gasteiger partial charge >= 0.3 is 0 Å². The molecule has 0 fully saturated rings. The van der Waals surface area contributed by atoms with E-state index >= 15 is 0 Å². The standard InChI is InChI=1S/C11H17N.C2H6.C2H4/c1-3-11(4-2)12-9-7-5-6-8-10-12;2*1-2/h3-6H,1,7-10H2,2H3;1-2H3;1-2H2/b11-4+;;. The fourth-order valence-electron chi connectivity index (χ4n) is 1.50. The van der Waals surface area contributed by atoms with Gasteiger partial charge in [-0.2, -0.15) is 0 Å². The Morgan fingerprint density at radius 1 is 1.12 bits per heavy atom. The van der Waals surface area contributed by atoms with Crippen LogP contribution in [0.15, 0.2) is 49.7 Å². The molecule has 0 aliphatic carbocycles. The molecule has 0 spiro atoms. The number of allylic oxidation sites excluding steroid dienone is 2. The molecule has 0 unspecified atom stereocenters. The molecule has 1 aliphatic heterocycles. The molecule has 1 rings (SSSR count). The van der Waals surface area contributed by atoms with Gasteiger partial charge in [-0.1, -0.05) is 38.7 Å². The lowest BCUT2D eigenvalue weighted by Gasteiger charge is -2.23. The zero-order valence-corrected chi connectivity index (χ0v) is 11.2. The fraction of sp³-hybridized carbons (Fsp3) is 0.467. The van der Waals surface area contributed by atoms with Crippen molar-refractivity contribution in [3.8, 4) is 0 Å². The molecule has 0 saturated heterocycles. The Labute approximate surface area is 102 Å². The van der Waals surface area contributed by atoms with Gasteiger partial charge in [0.25, 0.3) is 0 Å². The topological polar surface area (TPSA) is 3.24 Å². The summed E-state index contributed by atoms with van der Waals surface area (Å²) < 4.78 is 0. The minimum Gasteiger partial charge on any atom is -0.371 e. The average Bonchev–Trinajstić information content (AvgIpc) is 2.65. The molecule has 0 amide bonds. The van der Waals surface area contributed by atoms with Crippen molar-refractivity contribution in [2.45, 2.75) is 33.6 Å². The molecule has 16 heavy (non-hydrogen) atoms. The van der Waals surface area contributed by atoms with Crippen LogP contribution in [0.25, 0.3) is 0 Å². The first-order valence-corrected chi connectivity index (χ1v) is 6.07. The maximum absolute atomic E-state index is 3.81. The van der Waals surface area contributed by atoms with Crippen molar-refractivity contribution in [2.75, 3.05) is 13.1 Å². The molecule has 0 aromatic heterocycles. The van der Waals surface area contributed by atoms with Crippen molar-refractivity contribution in [1.82, 2.24) is 4.90 Å². The van der Waals surface area contributed by atoms with Crippen LogP contribution in [-0.2, 0) is 0 Å². The minimum atomic E-state index is 1.13. The van der Waals surface area contributed by atoms with Crippen LogP contribution in [0.3, 0.4) is 0 Å². The van der Waals surface area contributed by atoms with Crippen LogP contribution >= 0.6 is 0 Å². The second-order valence-electron chi connectivity index (χ2n) is 2.95. The van der Waals surface area contributed by atoms with Crippen LogP contribution in [0, 0.1) is 0 Å². The Morgan fingerprint density at radius 2 is 1.56 bits per heavy atom. The fourth-order valence-corrected chi connectivity index (χ4v) is 1.50. The number of nitrogens with zero attached hydrogens (tertiary/aromatic N) is 1. The molecule has 0 radical (unpaired) electrons. The van der Waals surface area contributed by atoms with Crippen LogP contribution in [0.1, 0.15) is 33.6 Å². The third-order valence-electron chi connectivity index (χ3n) is 2.17. The molecule has 0 aromatic carbocycles. The molecule has 1 aliphatic rings. The Morgan fingerprint density at radius 3 is 1.88 bits per heavy atom. The van der Waals surface area contributed by atoms with Crippen molar-refractivity contribution in [1.29, 1.82) is 0 Å². The molecular formula is C15H27N. The summed E-state index contributed by atoms with van der Waals surface area (Å²) in [7, 11) is 0. The monoisotopic (exact) mass is 221 g/mol. The van der Waals surface area contributed by atoms with E-state index in [-0.39, 0.29) is 0 Å². The van der Waals surface area contributed by atoms with Gasteiger partial charge < -0.3 is 4.90 Å². The zero-order chi connectivity index (χ0) is 12.8. The van der Waals surface area contributed by atoms with Gasteiger partial charge in [0.1, 0.15) is 0 Å². The summed E-state index contributed by atoms with van der Waals surface area (Å²) in [5.74, 6) is 0. The SMILES string of the molecule is C=C.C=C/C(=C\C)N1CCC=CCC1.CC. The van der Waals surface area contributed by atoms with E-state index in [2.05, 4.69) is 49.8 Å². The largest absolute Gasteiger partial charge is 0.371 e. The summed E-state index contributed by atoms with van der Waals surface area (Å²) in [5.41, 5.74) is 1.26. The highest BCUT2D eigenvalue weighted by Crippen LogP contribution is 2.10. The molecular weight excluding hydrogens is 194 g/mol. The number of hydrogen-bond donors (Lipinski definition) is 0. The normalized spacial score (nSPS) is 14.9. The highest BCUT2D eigenvalue weighted by atomic mass is 15.1. The quantitative estimate of drug-likeness (QED) is 0.488. The van der Waals surface area contributed by atoms with E-state index in [9.17, 15) is 0 Å². The number of hydrogen-bond acceptors (Lipinski definition) is 1. The highest BCUT2D eigenvalue weighted by molar-refractivity contribution is 5.14.